The van der Waals surface area contributed by atoms with Crippen molar-refractivity contribution < 1.29 is 0 Å². The van der Waals surface area contributed by atoms with Crippen molar-refractivity contribution in [1.82, 2.24) is 19.7 Å². The lowest BCUT2D eigenvalue weighted by Crippen LogP contribution is -2.00. The van der Waals surface area contributed by atoms with E-state index in [1.165, 1.54) is 0 Å². The molecule has 0 bridgehead atoms. The molecule has 0 fully saturated rings. The quantitative estimate of drug-likeness (QED) is 0.757. The van der Waals surface area contributed by atoms with Crippen molar-refractivity contribution in [2.24, 2.45) is 7.05 Å². The molecule has 6 heteroatoms. The average molecular weight is 204 g/mol. The summed E-state index contributed by atoms with van der Waals surface area (Å²) in [5.41, 5.74) is 7.23. The Morgan fingerprint density at radius 3 is 2.80 bits per heavy atom. The number of nitrogens with two attached hydrogens (primary N) is 1. The van der Waals surface area contributed by atoms with Crippen LogP contribution in [-0.2, 0) is 7.05 Å². The van der Waals surface area contributed by atoms with Crippen LogP contribution in [0.15, 0.2) is 18.5 Å². The van der Waals surface area contributed by atoms with E-state index in [0.29, 0.717) is 5.82 Å². The number of nitrogen functional groups attached to an aromatic ring is 1. The van der Waals surface area contributed by atoms with Gasteiger partial charge in [-0.05, 0) is 6.92 Å². The second-order valence-corrected chi connectivity index (χ2v) is 3.28. The third kappa shape index (κ3) is 2.22. The second kappa shape index (κ2) is 3.56. The lowest BCUT2D eigenvalue weighted by Gasteiger charge is -2.03. The van der Waals surface area contributed by atoms with Gasteiger partial charge in [0.05, 0.1) is 11.9 Å². The van der Waals surface area contributed by atoms with E-state index in [9.17, 15) is 0 Å². The molecule has 0 spiro atoms. The van der Waals surface area contributed by atoms with Crippen LogP contribution in [0.25, 0.3) is 0 Å². The molecule has 0 atom stereocenters. The first-order chi connectivity index (χ1) is 7.13. The van der Waals surface area contributed by atoms with E-state index in [1.54, 1.807) is 10.9 Å². The molecule has 3 N–H and O–H groups in total. The van der Waals surface area contributed by atoms with Gasteiger partial charge in [-0.3, -0.25) is 4.68 Å². The summed E-state index contributed by atoms with van der Waals surface area (Å²) in [6.07, 6.45) is 3.57. The summed E-state index contributed by atoms with van der Waals surface area (Å²) in [6, 6.07) is 1.82. The van der Waals surface area contributed by atoms with E-state index in [-0.39, 0.29) is 5.95 Å². The molecule has 0 aliphatic carbocycles. The van der Waals surface area contributed by atoms with Gasteiger partial charge in [0.1, 0.15) is 5.82 Å². The third-order valence-electron chi connectivity index (χ3n) is 1.85. The minimum atomic E-state index is 0.265. The Bertz CT molecular complexity index is 455. The van der Waals surface area contributed by atoms with Gasteiger partial charge in [0.25, 0.3) is 0 Å². The number of nitrogens with zero attached hydrogens (tertiary/aromatic N) is 4. The molecule has 78 valence electrons. The largest absolute Gasteiger partial charge is 0.368 e. The average Bonchev–Trinajstić information content (AvgIpc) is 2.49. The number of aryl methyl sites for hydroxylation is 2. The summed E-state index contributed by atoms with van der Waals surface area (Å²) < 4.78 is 1.71. The molecule has 2 rings (SSSR count). The lowest BCUT2D eigenvalue weighted by atomic mass is 10.4. The van der Waals surface area contributed by atoms with Gasteiger partial charge in [-0.2, -0.15) is 10.1 Å². The van der Waals surface area contributed by atoms with Crippen LogP contribution in [0.4, 0.5) is 17.5 Å². The van der Waals surface area contributed by atoms with Crippen LogP contribution >= 0.6 is 0 Å². The Labute approximate surface area is 87.2 Å². The molecule has 0 radical (unpaired) electrons. The predicted molar refractivity (Wildman–Crippen MR) is 57.7 cm³/mol. The maximum absolute atomic E-state index is 5.54. The van der Waals surface area contributed by atoms with E-state index in [2.05, 4.69) is 20.4 Å². The second-order valence-electron chi connectivity index (χ2n) is 3.28. The van der Waals surface area contributed by atoms with Crippen LogP contribution in [0.1, 0.15) is 5.69 Å². The van der Waals surface area contributed by atoms with Crippen LogP contribution < -0.4 is 11.1 Å². The molecule has 6 nitrogen and oxygen atoms in total. The van der Waals surface area contributed by atoms with E-state index in [1.807, 2.05) is 26.2 Å². The molecular weight excluding hydrogens is 192 g/mol. The zero-order chi connectivity index (χ0) is 10.8. The molecule has 2 aromatic heterocycles. The molecule has 0 aliphatic heterocycles. The Balaban J connectivity index is 2.24. The molecule has 15 heavy (non-hydrogen) atoms. The van der Waals surface area contributed by atoms with Gasteiger partial charge < -0.3 is 11.1 Å². The third-order valence-corrected chi connectivity index (χ3v) is 1.85. The maximum atomic E-state index is 5.54. The minimum absolute atomic E-state index is 0.265. The number of hydrogen-bond donors (Lipinski definition) is 2. The molecule has 0 saturated heterocycles. The summed E-state index contributed by atoms with van der Waals surface area (Å²) in [6.45, 7) is 1.87. The Morgan fingerprint density at radius 1 is 1.40 bits per heavy atom. The first-order valence-corrected chi connectivity index (χ1v) is 4.50. The van der Waals surface area contributed by atoms with Crippen LogP contribution in [0, 0.1) is 6.92 Å². The number of anilines is 3. The van der Waals surface area contributed by atoms with Crippen LogP contribution in [0.5, 0.6) is 0 Å². The van der Waals surface area contributed by atoms with Crippen LogP contribution in [0.3, 0.4) is 0 Å². The molecule has 0 aliphatic rings. The van der Waals surface area contributed by atoms with Crippen molar-refractivity contribution in [2.45, 2.75) is 6.92 Å². The molecular formula is C9H12N6. The molecule has 0 amide bonds. The number of nitrogens with one attached hydrogen (secondary N) is 1. The number of rotatable bonds is 2. The Hall–Kier alpha value is -2.11. The Morgan fingerprint density at radius 2 is 2.20 bits per heavy atom. The normalized spacial score (nSPS) is 10.3. The fourth-order valence-electron chi connectivity index (χ4n) is 1.29. The fraction of sp³-hybridized carbons (Fsp3) is 0.222. The number of aromatic nitrogens is 4. The van der Waals surface area contributed by atoms with Gasteiger partial charge in [-0.1, -0.05) is 0 Å². The van der Waals surface area contributed by atoms with E-state index < -0.39 is 0 Å². The summed E-state index contributed by atoms with van der Waals surface area (Å²) in [7, 11) is 1.85. The van der Waals surface area contributed by atoms with Crippen molar-refractivity contribution in [3.05, 3.63) is 24.2 Å². The van der Waals surface area contributed by atoms with Crippen molar-refractivity contribution in [3.8, 4) is 0 Å². The standard InChI is InChI=1S/C9H12N6/c1-6-3-8(14-9(10)12-6)13-7-4-11-15(2)5-7/h3-5H,1-2H3,(H3,10,12,13,14). The first kappa shape index (κ1) is 9.45. The summed E-state index contributed by atoms with van der Waals surface area (Å²) >= 11 is 0. The highest BCUT2D eigenvalue weighted by molar-refractivity contribution is 5.55. The number of hydrogen-bond acceptors (Lipinski definition) is 5. The van der Waals surface area contributed by atoms with Gasteiger partial charge >= 0.3 is 0 Å². The highest BCUT2D eigenvalue weighted by atomic mass is 15.3. The monoisotopic (exact) mass is 204 g/mol. The zero-order valence-electron chi connectivity index (χ0n) is 8.60. The van der Waals surface area contributed by atoms with Gasteiger partial charge in [-0.25, -0.2) is 4.98 Å². The SMILES string of the molecule is Cc1cc(Nc2cnn(C)c2)nc(N)n1. The maximum Gasteiger partial charge on any atom is 0.222 e. The van der Waals surface area contributed by atoms with E-state index in [4.69, 9.17) is 5.73 Å². The lowest BCUT2D eigenvalue weighted by molar-refractivity contribution is 0.768. The van der Waals surface area contributed by atoms with E-state index >= 15 is 0 Å². The fourth-order valence-corrected chi connectivity index (χ4v) is 1.29. The van der Waals surface area contributed by atoms with Gasteiger partial charge in [0.2, 0.25) is 5.95 Å². The summed E-state index contributed by atoms with van der Waals surface area (Å²) in [5, 5.41) is 7.13. The molecule has 0 saturated carbocycles. The first-order valence-electron chi connectivity index (χ1n) is 4.50. The molecule has 2 aromatic rings. The molecule has 2 heterocycles. The topological polar surface area (TPSA) is 81.7 Å². The van der Waals surface area contributed by atoms with Crippen molar-refractivity contribution in [2.75, 3.05) is 11.1 Å². The highest BCUT2D eigenvalue weighted by Gasteiger charge is 2.01. The smallest absolute Gasteiger partial charge is 0.222 e. The Kier molecular flexibility index (Phi) is 2.24. The molecule has 0 aromatic carbocycles. The van der Waals surface area contributed by atoms with Gasteiger partial charge in [-0.15, -0.1) is 0 Å². The highest BCUT2D eigenvalue weighted by Crippen LogP contribution is 2.14. The summed E-state index contributed by atoms with van der Waals surface area (Å²) in [5.74, 6) is 0.939. The predicted octanol–water partition coefficient (Wildman–Crippen LogP) is 0.844. The van der Waals surface area contributed by atoms with Gasteiger partial charge in [0, 0.05) is 25.0 Å². The van der Waals surface area contributed by atoms with Crippen molar-refractivity contribution in [1.29, 1.82) is 0 Å². The van der Waals surface area contributed by atoms with E-state index in [0.717, 1.165) is 11.4 Å². The minimum Gasteiger partial charge on any atom is -0.368 e. The zero-order valence-corrected chi connectivity index (χ0v) is 8.60. The van der Waals surface area contributed by atoms with Crippen LogP contribution in [0.2, 0.25) is 0 Å². The summed E-state index contributed by atoms with van der Waals surface area (Å²) in [4.78, 5) is 8.04. The van der Waals surface area contributed by atoms with Crippen molar-refractivity contribution in [3.63, 3.8) is 0 Å². The molecule has 0 unspecified atom stereocenters. The van der Waals surface area contributed by atoms with Gasteiger partial charge in [0.15, 0.2) is 0 Å². The van der Waals surface area contributed by atoms with Crippen LogP contribution in [-0.4, -0.2) is 19.7 Å². The van der Waals surface area contributed by atoms with Crippen molar-refractivity contribution >= 4 is 17.5 Å².